The zero-order valence-corrected chi connectivity index (χ0v) is 12.9. The van der Waals surface area contributed by atoms with E-state index >= 15 is 0 Å². The predicted molar refractivity (Wildman–Crippen MR) is 77.1 cm³/mol. The molecule has 4 heteroatoms. The van der Waals surface area contributed by atoms with E-state index in [1.165, 1.54) is 0 Å². The van der Waals surface area contributed by atoms with Crippen molar-refractivity contribution in [1.82, 2.24) is 0 Å². The van der Waals surface area contributed by atoms with Gasteiger partial charge in [0.2, 0.25) is 0 Å². The van der Waals surface area contributed by atoms with Gasteiger partial charge in [-0.25, -0.2) is 4.79 Å². The Bertz CT molecular complexity index is 447. The van der Waals surface area contributed by atoms with Gasteiger partial charge in [0, 0.05) is 5.57 Å². The highest BCUT2D eigenvalue weighted by molar-refractivity contribution is 5.92. The lowest BCUT2D eigenvalue weighted by Gasteiger charge is -2.36. The van der Waals surface area contributed by atoms with Crippen LogP contribution in [0.2, 0.25) is 0 Å². The molecule has 1 rings (SSSR count). The molecule has 4 nitrogen and oxygen atoms in total. The molecule has 1 aliphatic rings. The Morgan fingerprint density at radius 2 is 1.85 bits per heavy atom. The third-order valence-electron chi connectivity index (χ3n) is 3.93. The highest BCUT2D eigenvalue weighted by Crippen LogP contribution is 2.45. The number of carbonyl (C=O) groups excluding carboxylic acids is 2. The summed E-state index contributed by atoms with van der Waals surface area (Å²) in [7, 11) is 0. The van der Waals surface area contributed by atoms with Crippen LogP contribution in [0, 0.1) is 5.41 Å². The third kappa shape index (κ3) is 3.11. The largest absolute Gasteiger partial charge is 0.465 e. The lowest BCUT2D eigenvalue weighted by Crippen LogP contribution is -2.38. The predicted octanol–water partition coefficient (Wildman–Crippen LogP) is 3.18. The molecule has 0 fully saturated rings. The first-order chi connectivity index (χ1) is 9.39. The summed E-state index contributed by atoms with van der Waals surface area (Å²) in [5, 5.41) is 0. The normalized spacial score (nSPS) is 22.4. The molecule has 0 aromatic heterocycles. The molecule has 0 aromatic carbocycles. The van der Waals surface area contributed by atoms with Crippen molar-refractivity contribution in [2.45, 2.75) is 47.0 Å². The van der Waals surface area contributed by atoms with Crippen molar-refractivity contribution in [1.29, 1.82) is 0 Å². The van der Waals surface area contributed by atoms with Crippen LogP contribution in [0.4, 0.5) is 0 Å². The van der Waals surface area contributed by atoms with Gasteiger partial charge in [-0.1, -0.05) is 17.7 Å². The Balaban J connectivity index is 3.11. The number of hydrogen-bond acceptors (Lipinski definition) is 4. The minimum atomic E-state index is -0.794. The zero-order valence-electron chi connectivity index (χ0n) is 12.9. The van der Waals surface area contributed by atoms with Crippen LogP contribution in [0.1, 0.15) is 47.0 Å². The molecule has 0 bridgehead atoms. The molecular formula is C16H24O4. The van der Waals surface area contributed by atoms with Crippen LogP contribution in [-0.4, -0.2) is 25.2 Å². The highest BCUT2D eigenvalue weighted by atomic mass is 16.5. The van der Waals surface area contributed by atoms with E-state index in [1.54, 1.807) is 13.8 Å². The average molecular weight is 280 g/mol. The van der Waals surface area contributed by atoms with Crippen LogP contribution in [0.25, 0.3) is 0 Å². The van der Waals surface area contributed by atoms with Crippen molar-refractivity contribution < 1.29 is 19.1 Å². The number of carbonyl (C=O) groups is 2. The maximum absolute atomic E-state index is 12.3. The maximum Gasteiger partial charge on any atom is 0.333 e. The SMILES string of the molecule is C=C(C)C1(C(=O)OCC)CCC(C)=C(C(=O)OCC)C1. The van der Waals surface area contributed by atoms with Gasteiger partial charge in [0.25, 0.3) is 0 Å². The molecule has 0 aliphatic heterocycles. The summed E-state index contributed by atoms with van der Waals surface area (Å²) >= 11 is 0. The van der Waals surface area contributed by atoms with Crippen molar-refractivity contribution in [3.05, 3.63) is 23.3 Å². The van der Waals surface area contributed by atoms with Gasteiger partial charge in [-0.15, -0.1) is 0 Å². The third-order valence-corrected chi connectivity index (χ3v) is 3.93. The van der Waals surface area contributed by atoms with Gasteiger partial charge < -0.3 is 9.47 Å². The Labute approximate surface area is 120 Å². The number of rotatable bonds is 5. The average Bonchev–Trinajstić information content (AvgIpc) is 2.39. The summed E-state index contributed by atoms with van der Waals surface area (Å²) in [5.74, 6) is -0.624. The van der Waals surface area contributed by atoms with Gasteiger partial charge in [0.05, 0.1) is 18.6 Å². The summed E-state index contributed by atoms with van der Waals surface area (Å²) in [6.07, 6.45) is 1.64. The van der Waals surface area contributed by atoms with Crippen molar-refractivity contribution in [3.8, 4) is 0 Å². The fraction of sp³-hybridized carbons (Fsp3) is 0.625. The Hall–Kier alpha value is -1.58. The van der Waals surface area contributed by atoms with E-state index in [0.717, 1.165) is 11.1 Å². The molecule has 112 valence electrons. The van der Waals surface area contributed by atoms with Gasteiger partial charge in [-0.3, -0.25) is 4.79 Å². The van der Waals surface area contributed by atoms with E-state index in [0.29, 0.717) is 38.0 Å². The molecule has 20 heavy (non-hydrogen) atoms. The fourth-order valence-corrected chi connectivity index (χ4v) is 2.54. The Morgan fingerprint density at radius 1 is 1.25 bits per heavy atom. The molecule has 1 unspecified atom stereocenters. The monoisotopic (exact) mass is 280 g/mol. The van der Waals surface area contributed by atoms with Crippen LogP contribution in [-0.2, 0) is 19.1 Å². The first-order valence-electron chi connectivity index (χ1n) is 7.08. The highest BCUT2D eigenvalue weighted by Gasteiger charge is 2.45. The van der Waals surface area contributed by atoms with E-state index in [4.69, 9.17) is 9.47 Å². The molecule has 0 N–H and O–H groups in total. The Kier molecular flexibility index (Phi) is 5.54. The standard InChI is InChI=1S/C16H24O4/c1-6-19-14(17)13-10-16(11(3)4,9-8-12(13)5)15(18)20-7-2/h3,6-10H2,1-2,4-5H3. The topological polar surface area (TPSA) is 52.6 Å². The van der Waals surface area contributed by atoms with Crippen molar-refractivity contribution in [2.75, 3.05) is 13.2 Å². The van der Waals surface area contributed by atoms with Gasteiger partial charge in [0.1, 0.15) is 0 Å². The Morgan fingerprint density at radius 3 is 2.35 bits per heavy atom. The summed E-state index contributed by atoms with van der Waals surface area (Å²) < 4.78 is 10.3. The van der Waals surface area contributed by atoms with Crippen LogP contribution in [0.5, 0.6) is 0 Å². The summed E-state index contributed by atoms with van der Waals surface area (Å²) in [4.78, 5) is 24.4. The van der Waals surface area contributed by atoms with Gasteiger partial charge in [-0.2, -0.15) is 0 Å². The summed E-state index contributed by atoms with van der Waals surface area (Å²) in [6.45, 7) is 11.9. The van der Waals surface area contributed by atoms with E-state index in [1.807, 2.05) is 13.8 Å². The smallest absolute Gasteiger partial charge is 0.333 e. The number of hydrogen-bond donors (Lipinski definition) is 0. The van der Waals surface area contributed by atoms with E-state index in [2.05, 4.69) is 6.58 Å². The van der Waals surface area contributed by atoms with Crippen molar-refractivity contribution >= 4 is 11.9 Å². The van der Waals surface area contributed by atoms with E-state index in [9.17, 15) is 9.59 Å². The first-order valence-corrected chi connectivity index (χ1v) is 7.08. The molecule has 0 saturated heterocycles. The zero-order chi connectivity index (χ0) is 15.3. The second-order valence-corrected chi connectivity index (χ2v) is 5.24. The molecule has 1 atom stereocenters. The minimum absolute atomic E-state index is 0.290. The van der Waals surface area contributed by atoms with Gasteiger partial charge in [-0.05, 0) is 47.0 Å². The number of ether oxygens (including phenoxy) is 2. The first kappa shape index (κ1) is 16.5. The molecular weight excluding hydrogens is 256 g/mol. The molecule has 0 radical (unpaired) electrons. The van der Waals surface area contributed by atoms with Gasteiger partial charge >= 0.3 is 11.9 Å². The maximum atomic E-state index is 12.3. The quantitative estimate of drug-likeness (QED) is 0.573. The molecule has 0 heterocycles. The summed E-state index contributed by atoms with van der Waals surface area (Å²) in [5.41, 5.74) is 1.53. The molecule has 1 aliphatic carbocycles. The van der Waals surface area contributed by atoms with Crippen molar-refractivity contribution in [2.24, 2.45) is 5.41 Å². The van der Waals surface area contributed by atoms with Crippen LogP contribution in [0.15, 0.2) is 23.3 Å². The molecule has 0 aromatic rings. The summed E-state index contributed by atoms with van der Waals surface area (Å²) in [6, 6.07) is 0. The molecule has 0 saturated carbocycles. The second-order valence-electron chi connectivity index (χ2n) is 5.24. The minimum Gasteiger partial charge on any atom is -0.465 e. The lowest BCUT2D eigenvalue weighted by atomic mass is 9.68. The number of esters is 2. The van der Waals surface area contributed by atoms with Crippen LogP contribution >= 0.6 is 0 Å². The fourth-order valence-electron chi connectivity index (χ4n) is 2.54. The lowest BCUT2D eigenvalue weighted by molar-refractivity contribution is -0.154. The second kappa shape index (κ2) is 6.73. The van der Waals surface area contributed by atoms with E-state index in [-0.39, 0.29) is 11.9 Å². The van der Waals surface area contributed by atoms with E-state index < -0.39 is 5.41 Å². The number of allylic oxidation sites excluding steroid dienone is 1. The van der Waals surface area contributed by atoms with Crippen molar-refractivity contribution in [3.63, 3.8) is 0 Å². The molecule has 0 amide bonds. The van der Waals surface area contributed by atoms with Gasteiger partial charge in [0.15, 0.2) is 0 Å². The van der Waals surface area contributed by atoms with Crippen LogP contribution in [0.3, 0.4) is 0 Å². The molecule has 0 spiro atoms. The van der Waals surface area contributed by atoms with Crippen LogP contribution < -0.4 is 0 Å².